The highest BCUT2D eigenvalue weighted by atomic mass is 16.6. The van der Waals surface area contributed by atoms with Gasteiger partial charge in [-0.3, -0.25) is 4.79 Å². The molecule has 0 aromatic heterocycles. The molecule has 1 saturated heterocycles. The van der Waals surface area contributed by atoms with Crippen LogP contribution in [0.4, 0.5) is 4.79 Å². The Morgan fingerprint density at radius 3 is 2.40 bits per heavy atom. The van der Waals surface area contributed by atoms with Crippen LogP contribution in [0, 0.1) is 11.8 Å². The molecule has 0 spiro atoms. The van der Waals surface area contributed by atoms with E-state index in [1.165, 1.54) is 0 Å². The zero-order valence-corrected chi connectivity index (χ0v) is 12.7. The number of rotatable bonds is 5. The van der Waals surface area contributed by atoms with E-state index in [0.717, 1.165) is 12.8 Å². The van der Waals surface area contributed by atoms with Crippen molar-refractivity contribution in [3.8, 4) is 0 Å². The molecular formula is C14H27N3O3. The molecule has 1 fully saturated rings. The van der Waals surface area contributed by atoms with Gasteiger partial charge in [-0.05, 0) is 25.7 Å². The van der Waals surface area contributed by atoms with Crippen LogP contribution in [-0.4, -0.2) is 49.2 Å². The van der Waals surface area contributed by atoms with Gasteiger partial charge in [-0.1, -0.05) is 13.8 Å². The molecule has 116 valence electrons. The van der Waals surface area contributed by atoms with E-state index in [1.54, 1.807) is 11.8 Å². The minimum atomic E-state index is -0.265. The molecule has 1 heterocycles. The lowest BCUT2D eigenvalue weighted by molar-refractivity contribution is -0.126. The molecule has 0 bridgehead atoms. The van der Waals surface area contributed by atoms with E-state index in [1.807, 2.05) is 13.8 Å². The van der Waals surface area contributed by atoms with Crippen LogP contribution in [0.3, 0.4) is 0 Å². The molecule has 6 nitrogen and oxygen atoms in total. The summed E-state index contributed by atoms with van der Waals surface area (Å²) in [6.45, 7) is 7.80. The molecule has 0 saturated carbocycles. The van der Waals surface area contributed by atoms with Gasteiger partial charge < -0.3 is 20.7 Å². The average Bonchev–Trinajstić information content (AvgIpc) is 2.40. The average molecular weight is 285 g/mol. The number of carbonyl (C=O) groups is 2. The van der Waals surface area contributed by atoms with E-state index in [2.05, 4.69) is 5.32 Å². The van der Waals surface area contributed by atoms with Gasteiger partial charge in [0.05, 0.1) is 12.5 Å². The molecule has 1 unspecified atom stereocenters. The number of nitrogens with two attached hydrogens (primary N) is 1. The molecule has 3 N–H and O–H groups in total. The fourth-order valence-electron chi connectivity index (χ4n) is 2.41. The fraction of sp³-hybridized carbons (Fsp3) is 0.857. The number of hydrogen-bond donors (Lipinski definition) is 2. The second kappa shape index (κ2) is 8.09. The molecule has 1 rings (SSSR count). The predicted octanol–water partition coefficient (Wildman–Crippen LogP) is 0.954. The van der Waals surface area contributed by atoms with Crippen molar-refractivity contribution in [2.75, 3.05) is 26.2 Å². The van der Waals surface area contributed by atoms with Crippen molar-refractivity contribution in [1.29, 1.82) is 0 Å². The lowest BCUT2D eigenvalue weighted by atomic mass is 9.94. The van der Waals surface area contributed by atoms with Crippen molar-refractivity contribution in [1.82, 2.24) is 10.2 Å². The third kappa shape index (κ3) is 4.67. The maximum Gasteiger partial charge on any atom is 0.409 e. The van der Waals surface area contributed by atoms with Gasteiger partial charge in [0.25, 0.3) is 0 Å². The zero-order valence-electron chi connectivity index (χ0n) is 12.7. The number of likely N-dealkylation sites (tertiary alicyclic amines) is 1. The van der Waals surface area contributed by atoms with Crippen LogP contribution >= 0.6 is 0 Å². The van der Waals surface area contributed by atoms with E-state index in [-0.39, 0.29) is 29.9 Å². The fourth-order valence-corrected chi connectivity index (χ4v) is 2.41. The van der Waals surface area contributed by atoms with Gasteiger partial charge in [0.1, 0.15) is 0 Å². The summed E-state index contributed by atoms with van der Waals surface area (Å²) in [5, 5.41) is 3.04. The van der Waals surface area contributed by atoms with Gasteiger partial charge in [0.15, 0.2) is 0 Å². The van der Waals surface area contributed by atoms with Crippen LogP contribution in [0.15, 0.2) is 0 Å². The number of nitrogens with zero attached hydrogens (tertiary/aromatic N) is 1. The summed E-state index contributed by atoms with van der Waals surface area (Å²) in [4.78, 5) is 25.4. The minimum Gasteiger partial charge on any atom is -0.450 e. The monoisotopic (exact) mass is 285 g/mol. The van der Waals surface area contributed by atoms with Gasteiger partial charge in [-0.25, -0.2) is 4.79 Å². The SMILES string of the molecule is CCOC(=O)N1CCC(NC(=O)C(CN)C(C)C)CC1. The number of ether oxygens (including phenoxy) is 1. The molecule has 6 heteroatoms. The van der Waals surface area contributed by atoms with Gasteiger partial charge >= 0.3 is 6.09 Å². The summed E-state index contributed by atoms with van der Waals surface area (Å²) in [6.07, 6.45) is 1.26. The highest BCUT2D eigenvalue weighted by molar-refractivity contribution is 5.79. The number of amides is 2. The van der Waals surface area contributed by atoms with Crippen LogP contribution < -0.4 is 11.1 Å². The standard InChI is InChI=1S/C14H27N3O3/c1-4-20-14(19)17-7-5-11(6-8-17)16-13(18)12(9-15)10(2)3/h10-12H,4-9,15H2,1-3H3,(H,16,18). The maximum absolute atomic E-state index is 12.1. The van der Waals surface area contributed by atoms with Crippen LogP contribution in [-0.2, 0) is 9.53 Å². The lowest BCUT2D eigenvalue weighted by Gasteiger charge is -2.32. The molecule has 1 atom stereocenters. The number of carbonyl (C=O) groups excluding carboxylic acids is 2. The Labute approximate surface area is 121 Å². The molecular weight excluding hydrogens is 258 g/mol. The number of piperidine rings is 1. The normalized spacial score (nSPS) is 17.9. The molecule has 1 aliphatic rings. The Balaban J connectivity index is 2.39. The van der Waals surface area contributed by atoms with E-state index < -0.39 is 0 Å². The summed E-state index contributed by atoms with van der Waals surface area (Å²) >= 11 is 0. The Bertz CT molecular complexity index is 326. The number of hydrogen-bond acceptors (Lipinski definition) is 4. The first-order valence-corrected chi connectivity index (χ1v) is 7.41. The first-order valence-electron chi connectivity index (χ1n) is 7.41. The first kappa shape index (κ1) is 16.8. The van der Waals surface area contributed by atoms with Crippen molar-refractivity contribution in [3.05, 3.63) is 0 Å². The first-order chi connectivity index (χ1) is 9.49. The maximum atomic E-state index is 12.1. The van der Waals surface area contributed by atoms with E-state index in [0.29, 0.717) is 26.2 Å². The van der Waals surface area contributed by atoms with Crippen LogP contribution in [0.5, 0.6) is 0 Å². The van der Waals surface area contributed by atoms with Gasteiger partial charge in [0.2, 0.25) is 5.91 Å². The van der Waals surface area contributed by atoms with Crippen LogP contribution in [0.2, 0.25) is 0 Å². The van der Waals surface area contributed by atoms with Crippen molar-refractivity contribution in [2.24, 2.45) is 17.6 Å². The highest BCUT2D eigenvalue weighted by Crippen LogP contribution is 2.14. The molecule has 2 amide bonds. The third-order valence-corrected chi connectivity index (χ3v) is 3.76. The zero-order chi connectivity index (χ0) is 15.1. The summed E-state index contributed by atoms with van der Waals surface area (Å²) in [6, 6.07) is 0.126. The molecule has 0 aliphatic carbocycles. The van der Waals surface area contributed by atoms with Crippen molar-refractivity contribution < 1.29 is 14.3 Å². The van der Waals surface area contributed by atoms with Crippen molar-refractivity contribution in [3.63, 3.8) is 0 Å². The number of nitrogens with one attached hydrogen (secondary N) is 1. The lowest BCUT2D eigenvalue weighted by Crippen LogP contribution is -2.49. The van der Waals surface area contributed by atoms with E-state index in [4.69, 9.17) is 10.5 Å². The summed E-state index contributed by atoms with van der Waals surface area (Å²) in [5.74, 6) is 0.120. The minimum absolute atomic E-state index is 0.0251. The summed E-state index contributed by atoms with van der Waals surface area (Å²) < 4.78 is 4.97. The quantitative estimate of drug-likeness (QED) is 0.788. The molecule has 0 aromatic carbocycles. The Kier molecular flexibility index (Phi) is 6.78. The second-order valence-corrected chi connectivity index (χ2v) is 5.56. The van der Waals surface area contributed by atoms with Crippen LogP contribution in [0.1, 0.15) is 33.6 Å². The van der Waals surface area contributed by atoms with Crippen molar-refractivity contribution in [2.45, 2.75) is 39.7 Å². The topological polar surface area (TPSA) is 84.7 Å². The van der Waals surface area contributed by atoms with Crippen molar-refractivity contribution >= 4 is 12.0 Å². The predicted molar refractivity (Wildman–Crippen MR) is 77.1 cm³/mol. The molecule has 1 aliphatic heterocycles. The highest BCUT2D eigenvalue weighted by Gasteiger charge is 2.27. The largest absolute Gasteiger partial charge is 0.450 e. The molecule has 0 aromatic rings. The second-order valence-electron chi connectivity index (χ2n) is 5.56. The van der Waals surface area contributed by atoms with E-state index in [9.17, 15) is 9.59 Å². The molecule has 0 radical (unpaired) electrons. The van der Waals surface area contributed by atoms with Crippen LogP contribution in [0.25, 0.3) is 0 Å². The van der Waals surface area contributed by atoms with E-state index >= 15 is 0 Å². The Hall–Kier alpha value is -1.30. The molecule has 20 heavy (non-hydrogen) atoms. The summed E-state index contributed by atoms with van der Waals surface area (Å²) in [7, 11) is 0. The summed E-state index contributed by atoms with van der Waals surface area (Å²) in [5.41, 5.74) is 5.64. The Morgan fingerprint density at radius 1 is 1.35 bits per heavy atom. The smallest absolute Gasteiger partial charge is 0.409 e. The van der Waals surface area contributed by atoms with Gasteiger partial charge in [-0.2, -0.15) is 0 Å². The van der Waals surface area contributed by atoms with Gasteiger partial charge in [-0.15, -0.1) is 0 Å². The third-order valence-electron chi connectivity index (χ3n) is 3.76. The van der Waals surface area contributed by atoms with Gasteiger partial charge in [0, 0.05) is 25.7 Å². The Morgan fingerprint density at radius 2 is 1.95 bits per heavy atom.